The minimum absolute atomic E-state index is 0.0477. The first-order valence-electron chi connectivity index (χ1n) is 5.67. The van der Waals surface area contributed by atoms with E-state index in [1.165, 1.54) is 6.92 Å². The minimum atomic E-state index is -4.69. The van der Waals surface area contributed by atoms with Crippen LogP contribution in [0, 0.1) is 0 Å². The van der Waals surface area contributed by atoms with Gasteiger partial charge in [-0.1, -0.05) is 12.1 Å². The zero-order valence-electron chi connectivity index (χ0n) is 10.1. The molecule has 0 bridgehead atoms. The van der Waals surface area contributed by atoms with Gasteiger partial charge in [0.15, 0.2) is 11.9 Å². The first-order chi connectivity index (χ1) is 8.89. The maximum absolute atomic E-state index is 12.4. The molecule has 2 heterocycles. The predicted molar refractivity (Wildman–Crippen MR) is 67.3 cm³/mol. The van der Waals surface area contributed by atoms with Gasteiger partial charge in [-0.25, -0.2) is 0 Å². The van der Waals surface area contributed by atoms with E-state index in [9.17, 15) is 13.2 Å². The Kier molecular flexibility index (Phi) is 4.67. The third kappa shape index (κ3) is 3.57. The molecule has 3 atom stereocenters. The summed E-state index contributed by atoms with van der Waals surface area (Å²) in [6.07, 6.45) is -7.18. The van der Waals surface area contributed by atoms with E-state index in [0.29, 0.717) is 5.82 Å². The number of halogens is 3. The van der Waals surface area contributed by atoms with E-state index in [1.54, 1.807) is 23.5 Å². The Labute approximate surface area is 116 Å². The summed E-state index contributed by atoms with van der Waals surface area (Å²) in [5.74, 6) is 1.81. The van der Waals surface area contributed by atoms with Crippen molar-refractivity contribution < 1.29 is 22.8 Å². The molecule has 1 N–H and O–H groups in total. The van der Waals surface area contributed by atoms with Gasteiger partial charge in [-0.2, -0.15) is 29.9 Å². The Morgan fingerprint density at radius 1 is 1.42 bits per heavy atom. The zero-order valence-corrected chi connectivity index (χ0v) is 11.7. The average Bonchev–Trinajstić information content (AvgIpc) is 2.86. The maximum Gasteiger partial charge on any atom is 0.415 e. The molecule has 0 radical (unpaired) electrons. The van der Waals surface area contributed by atoms with Gasteiger partial charge in [0.25, 0.3) is 0 Å². The van der Waals surface area contributed by atoms with Crippen LogP contribution >= 0.6 is 23.5 Å². The molecule has 19 heavy (non-hydrogen) atoms. The van der Waals surface area contributed by atoms with Crippen LogP contribution in [0.1, 0.15) is 29.8 Å². The molecule has 108 valence electrons. The molecule has 1 saturated heterocycles. The van der Waals surface area contributed by atoms with Gasteiger partial charge in [0.05, 0.1) is 11.2 Å². The van der Waals surface area contributed by atoms with Crippen molar-refractivity contribution >= 4 is 23.5 Å². The van der Waals surface area contributed by atoms with Crippen LogP contribution in [0.2, 0.25) is 0 Å². The summed E-state index contributed by atoms with van der Waals surface area (Å²) < 4.78 is 42.1. The first kappa shape index (κ1) is 15.0. The monoisotopic (exact) mass is 314 g/mol. The van der Waals surface area contributed by atoms with Gasteiger partial charge in [0.1, 0.15) is 0 Å². The molecule has 1 aliphatic rings. The Hall–Kier alpha value is -0.410. The molecule has 9 heteroatoms. The molecular weight excluding hydrogens is 301 g/mol. The van der Waals surface area contributed by atoms with Crippen LogP contribution in [0.4, 0.5) is 13.2 Å². The number of nitrogens with zero attached hydrogens (tertiary/aromatic N) is 2. The summed E-state index contributed by atoms with van der Waals surface area (Å²) in [4.78, 5) is 4.00. The standard InChI is InChI=1S/C10H13F3N2O2S2/c1-5(7(16)10(11,12)13)9-14-8(15-17-9)6-4-18-2-3-19-6/h5-7,16H,2-4H2,1H3. The topological polar surface area (TPSA) is 59.2 Å². The van der Waals surface area contributed by atoms with Gasteiger partial charge in [-0.15, -0.1) is 11.8 Å². The fourth-order valence-electron chi connectivity index (χ4n) is 1.62. The number of thioether (sulfide) groups is 2. The molecule has 0 amide bonds. The summed E-state index contributed by atoms with van der Waals surface area (Å²) in [6, 6.07) is 0. The van der Waals surface area contributed by atoms with Crippen molar-refractivity contribution in [3.63, 3.8) is 0 Å². The molecule has 0 saturated carbocycles. The summed E-state index contributed by atoms with van der Waals surface area (Å²) >= 11 is 3.42. The zero-order chi connectivity index (χ0) is 14.0. The second-order valence-electron chi connectivity index (χ2n) is 4.20. The second kappa shape index (κ2) is 5.92. The van der Waals surface area contributed by atoms with Crippen LogP contribution in [0.3, 0.4) is 0 Å². The van der Waals surface area contributed by atoms with E-state index in [1.807, 2.05) is 0 Å². The van der Waals surface area contributed by atoms with Crippen LogP contribution in [-0.4, -0.2) is 44.8 Å². The molecular formula is C10H13F3N2O2S2. The first-order valence-corrected chi connectivity index (χ1v) is 7.87. The Balaban J connectivity index is 2.07. The SMILES string of the molecule is CC(c1nc(C2CSCCS2)no1)C(O)C(F)(F)F. The van der Waals surface area contributed by atoms with Gasteiger partial charge in [-0.05, 0) is 0 Å². The highest BCUT2D eigenvalue weighted by molar-refractivity contribution is 8.06. The highest BCUT2D eigenvalue weighted by atomic mass is 32.2. The number of alkyl halides is 3. The molecule has 4 nitrogen and oxygen atoms in total. The van der Waals surface area contributed by atoms with Crippen LogP contribution < -0.4 is 0 Å². The number of aliphatic hydroxyl groups is 1. The lowest BCUT2D eigenvalue weighted by atomic mass is 10.1. The summed E-state index contributed by atoms with van der Waals surface area (Å²) in [6.45, 7) is 1.22. The van der Waals surface area contributed by atoms with Crippen molar-refractivity contribution in [2.75, 3.05) is 17.3 Å². The Morgan fingerprint density at radius 3 is 2.74 bits per heavy atom. The second-order valence-corrected chi connectivity index (χ2v) is 6.66. The molecule has 1 aliphatic heterocycles. The molecule has 1 aromatic heterocycles. The van der Waals surface area contributed by atoms with Crippen LogP contribution in [0.15, 0.2) is 4.52 Å². The molecule has 1 aromatic rings. The largest absolute Gasteiger partial charge is 0.415 e. The third-order valence-corrected chi connectivity index (χ3v) is 5.51. The summed E-state index contributed by atoms with van der Waals surface area (Å²) in [5.41, 5.74) is 0. The third-order valence-electron chi connectivity index (χ3n) is 2.76. The van der Waals surface area contributed by atoms with Crippen molar-refractivity contribution in [2.24, 2.45) is 0 Å². The predicted octanol–water partition coefficient (Wildman–Crippen LogP) is 2.62. The van der Waals surface area contributed by atoms with Crippen LogP contribution in [0.25, 0.3) is 0 Å². The molecule has 0 spiro atoms. The number of rotatable bonds is 3. The van der Waals surface area contributed by atoms with Gasteiger partial charge < -0.3 is 9.63 Å². The summed E-state index contributed by atoms with van der Waals surface area (Å²) in [5, 5.41) is 12.9. The van der Waals surface area contributed by atoms with Crippen LogP contribution in [-0.2, 0) is 0 Å². The van der Waals surface area contributed by atoms with Crippen molar-refractivity contribution in [3.8, 4) is 0 Å². The van der Waals surface area contributed by atoms with Gasteiger partial charge in [-0.3, -0.25) is 0 Å². The Bertz CT molecular complexity index is 421. The molecule has 0 aliphatic carbocycles. The lowest BCUT2D eigenvalue weighted by molar-refractivity contribution is -0.210. The van der Waals surface area contributed by atoms with Crippen molar-refractivity contribution in [2.45, 2.75) is 30.4 Å². The molecule has 3 unspecified atom stereocenters. The van der Waals surface area contributed by atoms with E-state index < -0.39 is 18.2 Å². The van der Waals surface area contributed by atoms with Gasteiger partial charge >= 0.3 is 6.18 Å². The van der Waals surface area contributed by atoms with E-state index in [2.05, 4.69) is 10.1 Å². The van der Waals surface area contributed by atoms with Crippen LogP contribution in [0.5, 0.6) is 0 Å². The smallest absolute Gasteiger partial charge is 0.383 e. The normalized spacial score (nSPS) is 24.2. The lowest BCUT2D eigenvalue weighted by Crippen LogP contribution is -2.33. The summed E-state index contributed by atoms with van der Waals surface area (Å²) in [7, 11) is 0. The Morgan fingerprint density at radius 2 is 2.16 bits per heavy atom. The fourth-order valence-corrected chi connectivity index (χ4v) is 4.21. The average molecular weight is 314 g/mol. The van der Waals surface area contributed by atoms with Crippen molar-refractivity contribution in [3.05, 3.63) is 11.7 Å². The minimum Gasteiger partial charge on any atom is -0.383 e. The molecule has 2 rings (SSSR count). The number of aromatic nitrogens is 2. The highest BCUT2D eigenvalue weighted by Gasteiger charge is 2.44. The molecule has 0 aromatic carbocycles. The lowest BCUT2D eigenvalue weighted by Gasteiger charge is -2.18. The number of aliphatic hydroxyl groups excluding tert-OH is 1. The van der Waals surface area contributed by atoms with E-state index >= 15 is 0 Å². The van der Waals surface area contributed by atoms with E-state index in [4.69, 9.17) is 9.63 Å². The van der Waals surface area contributed by atoms with Crippen molar-refractivity contribution in [1.82, 2.24) is 10.1 Å². The van der Waals surface area contributed by atoms with E-state index in [-0.39, 0.29) is 11.1 Å². The number of hydrogen-bond acceptors (Lipinski definition) is 6. The highest BCUT2D eigenvalue weighted by Crippen LogP contribution is 2.36. The maximum atomic E-state index is 12.4. The molecule has 1 fully saturated rings. The van der Waals surface area contributed by atoms with Crippen molar-refractivity contribution in [1.29, 1.82) is 0 Å². The number of hydrogen-bond donors (Lipinski definition) is 1. The van der Waals surface area contributed by atoms with Gasteiger partial charge in [0, 0.05) is 17.3 Å². The fraction of sp³-hybridized carbons (Fsp3) is 0.800. The van der Waals surface area contributed by atoms with E-state index in [0.717, 1.165) is 17.3 Å². The van der Waals surface area contributed by atoms with Gasteiger partial charge in [0.2, 0.25) is 5.89 Å². The quantitative estimate of drug-likeness (QED) is 0.925.